The lowest BCUT2D eigenvalue weighted by atomic mass is 10.1. The smallest absolute Gasteiger partial charge is 0.226 e. The molecule has 0 spiro atoms. The minimum absolute atomic E-state index is 0.284. The van der Waals surface area contributed by atoms with E-state index < -0.39 is 0 Å². The number of imidazole rings is 1. The summed E-state index contributed by atoms with van der Waals surface area (Å²) in [6.07, 6.45) is 7.35. The van der Waals surface area contributed by atoms with Gasteiger partial charge in [-0.05, 0) is 42.8 Å². The Hall–Kier alpha value is -3.48. The summed E-state index contributed by atoms with van der Waals surface area (Å²) in [6.45, 7) is 2.94. The number of aromatic nitrogens is 4. The van der Waals surface area contributed by atoms with Gasteiger partial charge in [-0.15, -0.1) is 0 Å². The number of aryl methyl sites for hydroxylation is 1. The van der Waals surface area contributed by atoms with E-state index in [1.807, 2.05) is 29.7 Å². The van der Waals surface area contributed by atoms with Crippen LogP contribution in [0, 0.1) is 12.7 Å². The van der Waals surface area contributed by atoms with Crippen molar-refractivity contribution >= 4 is 5.65 Å². The van der Waals surface area contributed by atoms with Gasteiger partial charge in [-0.2, -0.15) is 0 Å². The van der Waals surface area contributed by atoms with E-state index in [-0.39, 0.29) is 5.82 Å². The minimum Gasteiger partial charge on any atom is -0.490 e. The van der Waals surface area contributed by atoms with Crippen molar-refractivity contribution in [2.45, 2.75) is 13.3 Å². The normalized spacial score (nSPS) is 10.9. The van der Waals surface area contributed by atoms with Crippen LogP contribution in [0.25, 0.3) is 16.9 Å². The Morgan fingerprint density at radius 1 is 0.964 bits per heavy atom. The number of pyridine rings is 1. The molecule has 0 amide bonds. The first kappa shape index (κ1) is 17.9. The first-order valence-electron chi connectivity index (χ1n) is 8.96. The number of hydrogen-bond acceptors (Lipinski definition) is 5. The van der Waals surface area contributed by atoms with E-state index in [1.165, 1.54) is 18.5 Å². The summed E-state index contributed by atoms with van der Waals surface area (Å²) in [5.41, 5.74) is 3.35. The molecule has 6 nitrogen and oxygen atoms in total. The Labute approximate surface area is 161 Å². The molecular weight excluding hydrogens is 359 g/mol. The fourth-order valence-corrected chi connectivity index (χ4v) is 2.84. The monoisotopic (exact) mass is 378 g/mol. The molecule has 3 heterocycles. The second kappa shape index (κ2) is 8.04. The van der Waals surface area contributed by atoms with Crippen LogP contribution in [-0.2, 0) is 0 Å². The number of hydrogen-bond donors (Lipinski definition) is 0. The molecule has 142 valence electrons. The van der Waals surface area contributed by atoms with E-state index in [4.69, 9.17) is 9.47 Å². The molecule has 0 aliphatic heterocycles. The summed E-state index contributed by atoms with van der Waals surface area (Å²) < 4.78 is 26.9. The number of halogens is 1. The number of benzene rings is 1. The maximum atomic E-state index is 13.3. The number of rotatable bonds is 7. The lowest BCUT2D eigenvalue weighted by Crippen LogP contribution is -2.07. The molecule has 0 fully saturated rings. The summed E-state index contributed by atoms with van der Waals surface area (Å²) in [6, 6.07) is 10.2. The zero-order valence-corrected chi connectivity index (χ0v) is 15.4. The van der Waals surface area contributed by atoms with Crippen molar-refractivity contribution in [2.75, 3.05) is 13.2 Å². The van der Waals surface area contributed by atoms with E-state index in [2.05, 4.69) is 15.0 Å². The molecule has 1 aromatic carbocycles. The van der Waals surface area contributed by atoms with Crippen LogP contribution < -0.4 is 9.47 Å². The van der Waals surface area contributed by atoms with Crippen LogP contribution >= 0.6 is 0 Å². The Kier molecular flexibility index (Phi) is 5.14. The topological polar surface area (TPSA) is 61.5 Å². The first-order valence-corrected chi connectivity index (χ1v) is 8.96. The molecule has 0 unspecified atom stereocenters. The van der Waals surface area contributed by atoms with Crippen LogP contribution in [0.3, 0.4) is 0 Å². The largest absolute Gasteiger partial charge is 0.490 e. The molecule has 0 aliphatic rings. The summed E-state index contributed by atoms with van der Waals surface area (Å²) in [4.78, 5) is 12.5. The van der Waals surface area contributed by atoms with Gasteiger partial charge in [0.1, 0.15) is 23.5 Å². The molecule has 0 radical (unpaired) electrons. The third-order valence-corrected chi connectivity index (χ3v) is 4.17. The Bertz CT molecular complexity index is 1070. The average Bonchev–Trinajstić information content (AvgIpc) is 3.07. The van der Waals surface area contributed by atoms with Crippen LogP contribution in [0.2, 0.25) is 0 Å². The van der Waals surface area contributed by atoms with Crippen molar-refractivity contribution in [3.63, 3.8) is 0 Å². The highest BCUT2D eigenvalue weighted by atomic mass is 19.1. The first-order chi connectivity index (χ1) is 13.7. The van der Waals surface area contributed by atoms with Gasteiger partial charge in [-0.3, -0.25) is 4.40 Å². The van der Waals surface area contributed by atoms with Gasteiger partial charge in [0.25, 0.3) is 0 Å². The van der Waals surface area contributed by atoms with Crippen molar-refractivity contribution in [3.05, 3.63) is 72.7 Å². The van der Waals surface area contributed by atoms with Gasteiger partial charge in [-0.25, -0.2) is 19.3 Å². The molecule has 0 atom stereocenters. The summed E-state index contributed by atoms with van der Waals surface area (Å²) in [7, 11) is 0. The predicted molar refractivity (Wildman–Crippen MR) is 103 cm³/mol. The third kappa shape index (κ3) is 3.93. The summed E-state index contributed by atoms with van der Waals surface area (Å²) in [5, 5.41) is 0. The van der Waals surface area contributed by atoms with Crippen molar-refractivity contribution in [1.29, 1.82) is 0 Å². The van der Waals surface area contributed by atoms with Gasteiger partial charge in [0.15, 0.2) is 5.75 Å². The van der Waals surface area contributed by atoms with Gasteiger partial charge in [-0.1, -0.05) is 6.07 Å². The average molecular weight is 378 g/mol. The van der Waals surface area contributed by atoms with E-state index in [1.54, 1.807) is 24.5 Å². The van der Waals surface area contributed by atoms with Gasteiger partial charge in [0.2, 0.25) is 5.88 Å². The number of ether oxygens (including phenoxy) is 2. The standard InChI is InChI=1S/C21H19FN4O2/c1-15-3-8-19-25-20(16-4-6-17(22)7-5-16)21(26(19)13-15)28-10-2-9-27-18-11-23-14-24-12-18/h3-8,11-14H,2,9-10H2,1H3. The van der Waals surface area contributed by atoms with Crippen LogP contribution in [0.5, 0.6) is 11.6 Å². The van der Waals surface area contributed by atoms with E-state index >= 15 is 0 Å². The van der Waals surface area contributed by atoms with Crippen LogP contribution in [-0.4, -0.2) is 32.6 Å². The second-order valence-corrected chi connectivity index (χ2v) is 6.33. The van der Waals surface area contributed by atoms with Crippen molar-refractivity contribution in [1.82, 2.24) is 19.4 Å². The highest BCUT2D eigenvalue weighted by Gasteiger charge is 2.16. The lowest BCUT2D eigenvalue weighted by Gasteiger charge is -2.09. The molecule has 0 bridgehead atoms. The van der Waals surface area contributed by atoms with Gasteiger partial charge in [0.05, 0.1) is 25.6 Å². The number of nitrogens with zero attached hydrogens (tertiary/aromatic N) is 4. The fourth-order valence-electron chi connectivity index (χ4n) is 2.84. The summed E-state index contributed by atoms with van der Waals surface area (Å²) >= 11 is 0. The van der Waals surface area contributed by atoms with E-state index in [0.717, 1.165) is 16.8 Å². The fraction of sp³-hybridized carbons (Fsp3) is 0.190. The highest BCUT2D eigenvalue weighted by molar-refractivity contribution is 5.69. The van der Waals surface area contributed by atoms with Crippen LogP contribution in [0.4, 0.5) is 4.39 Å². The SMILES string of the molecule is Cc1ccc2nc(-c3ccc(F)cc3)c(OCCCOc3cncnc3)n2c1. The second-order valence-electron chi connectivity index (χ2n) is 6.33. The minimum atomic E-state index is -0.284. The quantitative estimate of drug-likeness (QED) is 0.453. The van der Waals surface area contributed by atoms with E-state index in [0.29, 0.717) is 37.0 Å². The summed E-state index contributed by atoms with van der Waals surface area (Å²) in [5.74, 6) is 0.973. The van der Waals surface area contributed by atoms with Crippen molar-refractivity contribution in [2.24, 2.45) is 0 Å². The Balaban J connectivity index is 1.52. The number of fused-ring (bicyclic) bond motifs is 1. The van der Waals surface area contributed by atoms with Crippen LogP contribution in [0.15, 0.2) is 61.3 Å². The molecule has 0 saturated heterocycles. The Morgan fingerprint density at radius 3 is 2.50 bits per heavy atom. The Morgan fingerprint density at radius 2 is 1.71 bits per heavy atom. The molecule has 28 heavy (non-hydrogen) atoms. The molecule has 0 saturated carbocycles. The van der Waals surface area contributed by atoms with Gasteiger partial charge in [0, 0.05) is 18.2 Å². The molecular formula is C21H19FN4O2. The zero-order valence-electron chi connectivity index (χ0n) is 15.4. The molecule has 4 aromatic rings. The van der Waals surface area contributed by atoms with Crippen LogP contribution in [0.1, 0.15) is 12.0 Å². The molecule has 4 rings (SSSR count). The van der Waals surface area contributed by atoms with Gasteiger partial charge < -0.3 is 9.47 Å². The van der Waals surface area contributed by atoms with E-state index in [9.17, 15) is 4.39 Å². The maximum Gasteiger partial charge on any atom is 0.226 e. The van der Waals surface area contributed by atoms with Crippen molar-refractivity contribution in [3.8, 4) is 22.9 Å². The van der Waals surface area contributed by atoms with Crippen molar-refractivity contribution < 1.29 is 13.9 Å². The molecule has 0 aliphatic carbocycles. The molecule has 7 heteroatoms. The maximum absolute atomic E-state index is 13.3. The highest BCUT2D eigenvalue weighted by Crippen LogP contribution is 2.31. The molecule has 0 N–H and O–H groups in total. The third-order valence-electron chi connectivity index (χ3n) is 4.17. The van der Waals surface area contributed by atoms with Gasteiger partial charge >= 0.3 is 0 Å². The predicted octanol–water partition coefficient (Wildman–Crippen LogP) is 4.09. The zero-order chi connectivity index (χ0) is 19.3. The lowest BCUT2D eigenvalue weighted by molar-refractivity contribution is 0.241. The molecule has 3 aromatic heterocycles.